The number of methoxy groups -OCH3 is 1. The number of anilines is 1. The van der Waals surface area contributed by atoms with Gasteiger partial charge in [0.1, 0.15) is 5.75 Å². The first kappa shape index (κ1) is 15.6. The Hall–Kier alpha value is -2.28. The fraction of sp³-hybridized carbons (Fsp3) is 0.312. The van der Waals surface area contributed by atoms with Crippen molar-refractivity contribution in [1.82, 2.24) is 9.55 Å². The molecule has 1 atom stereocenters. The number of carbonyl (C=O) groups excluding carboxylic acids is 1. The quantitative estimate of drug-likeness (QED) is 0.870. The fourth-order valence-electron chi connectivity index (χ4n) is 2.44. The van der Waals surface area contributed by atoms with Crippen LogP contribution < -0.4 is 15.6 Å². The van der Waals surface area contributed by atoms with Gasteiger partial charge in [0.05, 0.1) is 18.7 Å². The minimum Gasteiger partial charge on any atom is -0.495 e. The number of para-hydroxylation sites is 2. The number of hydrogen-bond acceptors (Lipinski definition) is 5. The molecule has 0 aliphatic carbocycles. The zero-order chi connectivity index (χ0) is 16.4. The number of carbonyl (C=O) groups is 1. The number of aryl methyl sites for hydroxylation is 1. The maximum absolute atomic E-state index is 12.5. The second kappa shape index (κ2) is 6.45. The predicted octanol–water partition coefficient (Wildman–Crippen LogP) is 1.92. The number of rotatable bonds is 3. The van der Waals surface area contributed by atoms with Gasteiger partial charge in [-0.05, 0) is 19.1 Å². The van der Waals surface area contributed by atoms with Crippen molar-refractivity contribution in [3.05, 3.63) is 46.4 Å². The smallest absolute Gasteiger partial charge is 0.257 e. The predicted molar refractivity (Wildman–Crippen MR) is 89.1 cm³/mol. The van der Waals surface area contributed by atoms with Gasteiger partial charge >= 0.3 is 0 Å². The summed E-state index contributed by atoms with van der Waals surface area (Å²) < 4.78 is 6.82. The van der Waals surface area contributed by atoms with E-state index in [4.69, 9.17) is 4.74 Å². The Labute approximate surface area is 137 Å². The van der Waals surface area contributed by atoms with Crippen molar-refractivity contribution in [2.24, 2.45) is 5.92 Å². The molecule has 0 fully saturated rings. The third kappa shape index (κ3) is 3.10. The molecule has 1 aromatic heterocycles. The first-order chi connectivity index (χ1) is 11.1. The molecule has 23 heavy (non-hydrogen) atoms. The van der Waals surface area contributed by atoms with Gasteiger partial charge in [0, 0.05) is 24.1 Å². The van der Waals surface area contributed by atoms with E-state index in [2.05, 4.69) is 10.3 Å². The van der Waals surface area contributed by atoms with Crippen LogP contribution in [-0.2, 0) is 11.3 Å². The normalized spacial score (nSPS) is 16.5. The van der Waals surface area contributed by atoms with Gasteiger partial charge in [-0.15, -0.1) is 0 Å². The maximum atomic E-state index is 12.5. The van der Waals surface area contributed by atoms with Crippen molar-refractivity contribution >= 4 is 23.4 Å². The molecule has 0 saturated carbocycles. The average Bonchev–Trinajstić information content (AvgIpc) is 2.58. The minimum absolute atomic E-state index is 0.0858. The van der Waals surface area contributed by atoms with Crippen LogP contribution in [0.15, 0.2) is 40.4 Å². The van der Waals surface area contributed by atoms with Crippen LogP contribution in [-0.4, -0.2) is 28.3 Å². The zero-order valence-electron chi connectivity index (χ0n) is 12.9. The number of amides is 1. The summed E-state index contributed by atoms with van der Waals surface area (Å²) in [5.41, 5.74) is 1.13. The van der Waals surface area contributed by atoms with Gasteiger partial charge in [0.15, 0.2) is 5.16 Å². The van der Waals surface area contributed by atoms with Crippen molar-refractivity contribution in [2.75, 3.05) is 18.2 Å². The molecular weight excluding hydrogens is 314 g/mol. The van der Waals surface area contributed by atoms with E-state index in [0.29, 0.717) is 34.5 Å². The van der Waals surface area contributed by atoms with Gasteiger partial charge < -0.3 is 10.1 Å². The Morgan fingerprint density at radius 1 is 1.43 bits per heavy atom. The molecule has 1 aromatic carbocycles. The summed E-state index contributed by atoms with van der Waals surface area (Å²) in [6.07, 6.45) is 1.58. The Kier molecular flexibility index (Phi) is 4.38. The van der Waals surface area contributed by atoms with Crippen LogP contribution in [0.4, 0.5) is 5.69 Å². The first-order valence-electron chi connectivity index (χ1n) is 7.23. The third-order valence-corrected chi connectivity index (χ3v) is 4.89. The number of benzene rings is 1. The van der Waals surface area contributed by atoms with Crippen LogP contribution in [0.3, 0.4) is 0 Å². The summed E-state index contributed by atoms with van der Waals surface area (Å²) in [6, 6.07) is 7.26. The number of hydrogen-bond donors (Lipinski definition) is 1. The van der Waals surface area contributed by atoms with Gasteiger partial charge in [-0.3, -0.25) is 14.2 Å². The number of nitrogens with zero attached hydrogens (tertiary/aromatic N) is 2. The lowest BCUT2D eigenvalue weighted by Gasteiger charge is -2.24. The lowest BCUT2D eigenvalue weighted by atomic mass is 10.1. The van der Waals surface area contributed by atoms with E-state index in [9.17, 15) is 9.59 Å². The second-order valence-corrected chi connectivity index (χ2v) is 6.32. The molecule has 120 valence electrons. The molecule has 2 heterocycles. The van der Waals surface area contributed by atoms with Crippen LogP contribution in [0, 0.1) is 12.8 Å². The lowest BCUT2D eigenvalue weighted by molar-refractivity contribution is -0.119. The summed E-state index contributed by atoms with van der Waals surface area (Å²) in [5.74, 6) is 0.787. The highest BCUT2D eigenvalue weighted by Crippen LogP contribution is 2.28. The minimum atomic E-state index is -0.293. The van der Waals surface area contributed by atoms with Crippen LogP contribution >= 0.6 is 11.8 Å². The molecule has 6 nitrogen and oxygen atoms in total. The summed E-state index contributed by atoms with van der Waals surface area (Å²) in [4.78, 5) is 29.0. The number of thioether (sulfide) groups is 1. The van der Waals surface area contributed by atoms with Crippen molar-refractivity contribution in [1.29, 1.82) is 0 Å². The van der Waals surface area contributed by atoms with E-state index in [-0.39, 0.29) is 17.4 Å². The van der Waals surface area contributed by atoms with Crippen molar-refractivity contribution < 1.29 is 9.53 Å². The van der Waals surface area contributed by atoms with Crippen LogP contribution in [0.2, 0.25) is 0 Å². The first-order valence-corrected chi connectivity index (χ1v) is 8.22. The Morgan fingerprint density at radius 3 is 3.00 bits per heavy atom. The molecule has 0 radical (unpaired) electrons. The van der Waals surface area contributed by atoms with E-state index in [1.54, 1.807) is 36.9 Å². The monoisotopic (exact) mass is 331 g/mol. The van der Waals surface area contributed by atoms with Crippen LogP contribution in [0.5, 0.6) is 5.75 Å². The fourth-order valence-corrected chi connectivity index (χ4v) is 3.49. The maximum Gasteiger partial charge on any atom is 0.257 e. The molecule has 7 heteroatoms. The summed E-state index contributed by atoms with van der Waals surface area (Å²) in [7, 11) is 1.56. The molecule has 0 bridgehead atoms. The summed E-state index contributed by atoms with van der Waals surface area (Å²) in [5, 5.41) is 3.55. The standard InChI is InChI=1S/C16H17N3O3S/c1-10-7-17-16-19(15(10)21)8-11(9-23-16)14(20)18-12-5-3-4-6-13(12)22-2/h3-7,11H,8-9H2,1-2H3,(H,18,20). The molecule has 0 saturated heterocycles. The Balaban J connectivity index is 1.79. The van der Waals surface area contributed by atoms with E-state index in [1.807, 2.05) is 12.1 Å². The van der Waals surface area contributed by atoms with Gasteiger partial charge in [0.2, 0.25) is 5.91 Å². The number of ether oxygens (including phenoxy) is 1. The number of fused-ring (bicyclic) bond motifs is 1. The summed E-state index contributed by atoms with van der Waals surface area (Å²) in [6.45, 7) is 2.07. The van der Waals surface area contributed by atoms with E-state index < -0.39 is 0 Å². The lowest BCUT2D eigenvalue weighted by Crippen LogP contribution is -2.37. The Bertz CT molecular complexity index is 803. The van der Waals surface area contributed by atoms with Gasteiger partial charge in [-0.1, -0.05) is 23.9 Å². The molecule has 1 unspecified atom stereocenters. The van der Waals surface area contributed by atoms with Crippen LogP contribution in [0.25, 0.3) is 0 Å². The zero-order valence-corrected chi connectivity index (χ0v) is 13.7. The van der Waals surface area contributed by atoms with Crippen molar-refractivity contribution in [3.8, 4) is 5.75 Å². The SMILES string of the molecule is COc1ccccc1NC(=O)C1CSc2ncc(C)c(=O)n2C1. The molecule has 0 spiro atoms. The molecule has 1 aliphatic rings. The summed E-state index contributed by atoms with van der Waals surface area (Å²) >= 11 is 1.43. The largest absolute Gasteiger partial charge is 0.495 e. The van der Waals surface area contributed by atoms with Crippen molar-refractivity contribution in [2.45, 2.75) is 18.6 Å². The van der Waals surface area contributed by atoms with Crippen LogP contribution in [0.1, 0.15) is 5.56 Å². The number of nitrogens with one attached hydrogen (secondary N) is 1. The molecule has 1 aliphatic heterocycles. The van der Waals surface area contributed by atoms with E-state index >= 15 is 0 Å². The van der Waals surface area contributed by atoms with Gasteiger partial charge in [0.25, 0.3) is 5.56 Å². The average molecular weight is 331 g/mol. The highest BCUT2D eigenvalue weighted by Gasteiger charge is 2.27. The molecular formula is C16H17N3O3S. The molecule has 2 aromatic rings. The molecule has 1 N–H and O–H groups in total. The van der Waals surface area contributed by atoms with Gasteiger partial charge in [-0.25, -0.2) is 4.98 Å². The third-order valence-electron chi connectivity index (χ3n) is 3.73. The molecule has 1 amide bonds. The van der Waals surface area contributed by atoms with Crippen molar-refractivity contribution in [3.63, 3.8) is 0 Å². The van der Waals surface area contributed by atoms with Gasteiger partial charge in [-0.2, -0.15) is 0 Å². The van der Waals surface area contributed by atoms with E-state index in [1.165, 1.54) is 11.8 Å². The highest BCUT2D eigenvalue weighted by molar-refractivity contribution is 7.99. The van der Waals surface area contributed by atoms with E-state index in [0.717, 1.165) is 0 Å². The second-order valence-electron chi connectivity index (χ2n) is 5.34. The highest BCUT2D eigenvalue weighted by atomic mass is 32.2. The topological polar surface area (TPSA) is 73.2 Å². The Morgan fingerprint density at radius 2 is 2.22 bits per heavy atom. The number of aromatic nitrogens is 2. The molecule has 3 rings (SSSR count).